The largest absolute Gasteiger partial charge is 0.487 e. The van der Waals surface area contributed by atoms with Crippen LogP contribution in [-0.2, 0) is 6.18 Å². The predicted molar refractivity (Wildman–Crippen MR) is 133 cm³/mol. The summed E-state index contributed by atoms with van der Waals surface area (Å²) in [5, 5.41) is 23.0. The van der Waals surface area contributed by atoms with E-state index >= 15 is 0 Å². The normalized spacial score (nSPS) is 20.4. The zero-order valence-corrected chi connectivity index (χ0v) is 20.8. The van der Waals surface area contributed by atoms with Crippen molar-refractivity contribution < 1.29 is 32.5 Å². The molecule has 0 saturated heterocycles. The molecule has 2 N–H and O–H groups in total. The fourth-order valence-electron chi connectivity index (χ4n) is 5.85. The van der Waals surface area contributed by atoms with Crippen LogP contribution in [0.25, 0.3) is 11.1 Å². The number of benzene rings is 3. The van der Waals surface area contributed by atoms with Crippen molar-refractivity contribution in [3.63, 3.8) is 0 Å². The van der Waals surface area contributed by atoms with Crippen LogP contribution in [0.3, 0.4) is 0 Å². The number of rotatable bonds is 4. The van der Waals surface area contributed by atoms with Crippen molar-refractivity contribution >= 4 is 0 Å². The first-order valence-corrected chi connectivity index (χ1v) is 12.6. The molecule has 0 amide bonds. The number of aliphatic hydroxyl groups excluding tert-OH is 2. The van der Waals surface area contributed by atoms with E-state index in [1.807, 2.05) is 19.9 Å². The molecule has 1 aliphatic heterocycles. The highest BCUT2D eigenvalue weighted by Crippen LogP contribution is 2.52. The molecule has 3 aromatic carbocycles. The van der Waals surface area contributed by atoms with Crippen molar-refractivity contribution in [1.82, 2.24) is 0 Å². The molecule has 196 valence electrons. The lowest BCUT2D eigenvalue weighted by molar-refractivity contribution is -0.137. The first-order valence-electron chi connectivity index (χ1n) is 12.6. The second kappa shape index (κ2) is 9.44. The van der Waals surface area contributed by atoms with Gasteiger partial charge in [0.15, 0.2) is 0 Å². The Hall–Kier alpha value is -2.90. The molecule has 0 bridgehead atoms. The average Bonchev–Trinajstić information content (AvgIpc) is 3.37. The highest BCUT2D eigenvalue weighted by molar-refractivity contribution is 5.78. The minimum absolute atomic E-state index is 0.120. The minimum Gasteiger partial charge on any atom is -0.487 e. The number of fused-ring (bicyclic) bond motifs is 1. The molecule has 3 nitrogen and oxygen atoms in total. The maximum absolute atomic E-state index is 13.9. The van der Waals surface area contributed by atoms with Crippen LogP contribution in [0.1, 0.15) is 91.9 Å². The summed E-state index contributed by atoms with van der Waals surface area (Å²) in [7, 11) is 0. The summed E-state index contributed by atoms with van der Waals surface area (Å²) in [6.07, 6.45) is -2.48. The lowest BCUT2D eigenvalue weighted by Gasteiger charge is -2.39. The fraction of sp³-hybridized carbons (Fsp3) is 0.400. The van der Waals surface area contributed by atoms with Gasteiger partial charge in [-0.15, -0.1) is 0 Å². The summed E-state index contributed by atoms with van der Waals surface area (Å²) >= 11 is 0. The van der Waals surface area contributed by atoms with E-state index in [0.717, 1.165) is 43.4 Å². The lowest BCUT2D eigenvalue weighted by atomic mass is 9.77. The highest BCUT2D eigenvalue weighted by Gasteiger charge is 2.39. The van der Waals surface area contributed by atoms with Crippen molar-refractivity contribution in [2.75, 3.05) is 0 Å². The Morgan fingerprint density at radius 2 is 1.59 bits per heavy atom. The van der Waals surface area contributed by atoms with Crippen LogP contribution < -0.4 is 4.74 Å². The Balaban J connectivity index is 1.77. The number of ether oxygens (including phenoxy) is 1. The lowest BCUT2D eigenvalue weighted by Crippen LogP contribution is -2.35. The van der Waals surface area contributed by atoms with Gasteiger partial charge < -0.3 is 14.9 Å². The Labute approximate surface area is 213 Å². The van der Waals surface area contributed by atoms with Gasteiger partial charge in [0.25, 0.3) is 0 Å². The standard InChI is InChI=1S/C30H30F4O3/c1-29(2)16-23(35)27-24(37-29)15-22(17-5-3-4-6-17)26(25(27)18-9-13-21(31)14-10-18)28(36)19-7-11-20(12-8-19)30(32,33)34/h7-15,17,23,28,35-36H,3-6,16H2,1-2H3/t23-,28+/m0/s1. The van der Waals surface area contributed by atoms with Gasteiger partial charge in [0.1, 0.15) is 23.3 Å². The molecular weight excluding hydrogens is 484 g/mol. The van der Waals surface area contributed by atoms with Crippen molar-refractivity contribution in [2.45, 2.75) is 75.9 Å². The molecule has 0 unspecified atom stereocenters. The number of alkyl halides is 3. The molecule has 37 heavy (non-hydrogen) atoms. The molecule has 0 aromatic heterocycles. The maximum Gasteiger partial charge on any atom is 0.416 e. The van der Waals surface area contributed by atoms with Crippen molar-refractivity contribution in [2.24, 2.45) is 0 Å². The van der Waals surface area contributed by atoms with E-state index in [0.29, 0.717) is 40.0 Å². The summed E-state index contributed by atoms with van der Waals surface area (Å²) in [6, 6.07) is 12.2. The summed E-state index contributed by atoms with van der Waals surface area (Å²) in [4.78, 5) is 0. The second-order valence-corrected chi connectivity index (χ2v) is 10.8. The summed E-state index contributed by atoms with van der Waals surface area (Å²) in [6.45, 7) is 3.80. The molecule has 1 heterocycles. The molecule has 7 heteroatoms. The van der Waals surface area contributed by atoms with E-state index in [4.69, 9.17) is 4.74 Å². The zero-order chi connectivity index (χ0) is 26.5. The molecule has 2 aliphatic rings. The summed E-state index contributed by atoms with van der Waals surface area (Å²) in [5.41, 5.74) is 1.93. The van der Waals surface area contributed by atoms with E-state index in [1.165, 1.54) is 24.3 Å². The number of halogens is 4. The van der Waals surface area contributed by atoms with Crippen LogP contribution in [0.4, 0.5) is 17.6 Å². The van der Waals surface area contributed by atoms with Gasteiger partial charge in [-0.1, -0.05) is 37.1 Å². The van der Waals surface area contributed by atoms with E-state index < -0.39 is 35.4 Å². The van der Waals surface area contributed by atoms with Gasteiger partial charge in [-0.25, -0.2) is 4.39 Å². The molecule has 2 atom stereocenters. The van der Waals surface area contributed by atoms with Crippen molar-refractivity contribution in [3.05, 3.63) is 88.2 Å². The first-order chi connectivity index (χ1) is 17.4. The van der Waals surface area contributed by atoms with E-state index in [1.54, 1.807) is 12.1 Å². The Morgan fingerprint density at radius 1 is 0.973 bits per heavy atom. The number of hydrogen-bond acceptors (Lipinski definition) is 3. The third-order valence-corrected chi connectivity index (χ3v) is 7.56. The summed E-state index contributed by atoms with van der Waals surface area (Å²) < 4.78 is 59.8. The molecule has 3 aromatic rings. The molecule has 1 fully saturated rings. The Bertz CT molecular complexity index is 1270. The number of aliphatic hydroxyl groups is 2. The van der Waals surface area contributed by atoms with E-state index in [9.17, 15) is 27.8 Å². The van der Waals surface area contributed by atoms with E-state index in [2.05, 4.69) is 0 Å². The quantitative estimate of drug-likeness (QED) is 0.349. The molecule has 1 aliphatic carbocycles. The van der Waals surface area contributed by atoms with Crippen LogP contribution in [-0.4, -0.2) is 15.8 Å². The maximum atomic E-state index is 13.9. The molecule has 1 saturated carbocycles. The van der Waals surface area contributed by atoms with Crippen molar-refractivity contribution in [1.29, 1.82) is 0 Å². The minimum atomic E-state index is -4.49. The Morgan fingerprint density at radius 3 is 2.19 bits per heavy atom. The second-order valence-electron chi connectivity index (χ2n) is 10.8. The molecule has 0 radical (unpaired) electrons. The summed E-state index contributed by atoms with van der Waals surface area (Å²) in [5.74, 6) is 0.218. The Kier molecular flexibility index (Phi) is 6.57. The predicted octanol–water partition coefficient (Wildman–Crippen LogP) is 7.85. The van der Waals surface area contributed by atoms with Crippen LogP contribution >= 0.6 is 0 Å². The SMILES string of the molecule is CC1(C)C[C@H](O)c2c(cc(C3CCCC3)c([C@H](O)c3ccc(C(F)(F)F)cc3)c2-c2ccc(F)cc2)O1. The fourth-order valence-corrected chi connectivity index (χ4v) is 5.85. The average molecular weight is 515 g/mol. The van der Waals surface area contributed by atoms with Gasteiger partial charge >= 0.3 is 6.18 Å². The van der Waals surface area contributed by atoms with Gasteiger partial charge in [-0.2, -0.15) is 13.2 Å². The highest BCUT2D eigenvalue weighted by atomic mass is 19.4. The van der Waals surface area contributed by atoms with Crippen LogP contribution in [0, 0.1) is 5.82 Å². The van der Waals surface area contributed by atoms with E-state index in [-0.39, 0.29) is 5.92 Å². The van der Waals surface area contributed by atoms with Crippen LogP contribution in [0.5, 0.6) is 5.75 Å². The van der Waals surface area contributed by atoms with Crippen LogP contribution in [0.2, 0.25) is 0 Å². The molecular formula is C30H30F4O3. The third kappa shape index (κ3) is 4.99. The zero-order valence-electron chi connectivity index (χ0n) is 20.8. The van der Waals surface area contributed by atoms with Crippen molar-refractivity contribution in [3.8, 4) is 16.9 Å². The molecule has 5 rings (SSSR count). The van der Waals surface area contributed by atoms with Gasteiger partial charge in [0, 0.05) is 12.0 Å². The van der Waals surface area contributed by atoms with Gasteiger partial charge in [-0.3, -0.25) is 0 Å². The van der Waals surface area contributed by atoms with Gasteiger partial charge in [0.2, 0.25) is 0 Å². The monoisotopic (exact) mass is 514 g/mol. The van der Waals surface area contributed by atoms with Gasteiger partial charge in [-0.05, 0) is 90.8 Å². The molecule has 0 spiro atoms. The third-order valence-electron chi connectivity index (χ3n) is 7.56. The smallest absolute Gasteiger partial charge is 0.416 e. The number of hydrogen-bond donors (Lipinski definition) is 2. The van der Waals surface area contributed by atoms with Gasteiger partial charge in [0.05, 0.1) is 11.7 Å². The topological polar surface area (TPSA) is 49.7 Å². The van der Waals surface area contributed by atoms with Crippen LogP contribution in [0.15, 0.2) is 54.6 Å². The first kappa shape index (κ1) is 25.7.